The van der Waals surface area contributed by atoms with Crippen LogP contribution in [-0.2, 0) is 0 Å². The second-order valence-electron chi connectivity index (χ2n) is 4.79. The number of benzene rings is 3. The largest absolute Gasteiger partial charge is 0.507 e. The van der Waals surface area contributed by atoms with Gasteiger partial charge in [0.05, 0.1) is 5.56 Å². The lowest BCUT2D eigenvalue weighted by Gasteiger charge is -2.11. The fourth-order valence-electron chi connectivity index (χ4n) is 2.48. The molecule has 1 N–H and O–H groups in total. The molecular weight excluding hydrogens is 248 g/mol. The van der Waals surface area contributed by atoms with E-state index in [0.29, 0.717) is 10.9 Å². The highest BCUT2D eigenvalue weighted by Gasteiger charge is 2.14. The van der Waals surface area contributed by atoms with Crippen LogP contribution in [0.3, 0.4) is 0 Å². The third-order valence-corrected chi connectivity index (χ3v) is 3.48. The van der Waals surface area contributed by atoms with E-state index in [-0.39, 0.29) is 11.5 Å². The maximum atomic E-state index is 11.7. The lowest BCUT2D eigenvalue weighted by molar-refractivity contribution is 0.101. The Morgan fingerprint density at radius 3 is 2.15 bits per heavy atom. The molecule has 0 amide bonds. The van der Waals surface area contributed by atoms with Gasteiger partial charge in [0.25, 0.3) is 0 Å². The van der Waals surface area contributed by atoms with E-state index in [2.05, 4.69) is 0 Å². The van der Waals surface area contributed by atoms with Crippen LogP contribution in [0.1, 0.15) is 17.3 Å². The van der Waals surface area contributed by atoms with Gasteiger partial charge in [-0.3, -0.25) is 4.79 Å². The molecule has 0 aliphatic heterocycles. The van der Waals surface area contributed by atoms with E-state index in [1.54, 1.807) is 6.07 Å². The number of aromatic hydroxyl groups is 1. The van der Waals surface area contributed by atoms with Gasteiger partial charge >= 0.3 is 0 Å². The van der Waals surface area contributed by atoms with E-state index in [9.17, 15) is 9.90 Å². The van der Waals surface area contributed by atoms with Crippen LogP contribution in [-0.4, -0.2) is 10.9 Å². The maximum Gasteiger partial charge on any atom is 0.163 e. The highest BCUT2D eigenvalue weighted by molar-refractivity contribution is 6.09. The van der Waals surface area contributed by atoms with Gasteiger partial charge in [-0.1, -0.05) is 54.6 Å². The first kappa shape index (κ1) is 12.4. The Balaban J connectivity index is 2.42. The normalized spacial score (nSPS) is 10.7. The van der Waals surface area contributed by atoms with Crippen molar-refractivity contribution in [3.8, 4) is 16.9 Å². The molecule has 0 aliphatic carbocycles. The number of phenolic OH excluding ortho intramolecular Hbond substituents is 1. The summed E-state index contributed by atoms with van der Waals surface area (Å²) in [5.41, 5.74) is 2.36. The third kappa shape index (κ3) is 1.95. The van der Waals surface area contributed by atoms with E-state index in [1.807, 2.05) is 54.6 Å². The Morgan fingerprint density at radius 1 is 0.900 bits per heavy atom. The molecule has 0 fully saturated rings. The van der Waals surface area contributed by atoms with Crippen LogP contribution in [0.5, 0.6) is 5.75 Å². The minimum atomic E-state index is -0.134. The standard InChI is InChI=1S/C18H14O2/c1-12(19)16-11-17(13-7-3-2-4-8-13)14-9-5-6-10-15(14)18(16)20/h2-11,20H,1H3. The number of carbonyl (C=O) groups excluding carboxylic acids is 1. The van der Waals surface area contributed by atoms with Crippen molar-refractivity contribution in [2.75, 3.05) is 0 Å². The molecule has 3 aromatic rings. The van der Waals surface area contributed by atoms with Gasteiger partial charge in [0, 0.05) is 5.39 Å². The zero-order valence-electron chi connectivity index (χ0n) is 11.1. The van der Waals surface area contributed by atoms with Gasteiger partial charge in [0.2, 0.25) is 0 Å². The van der Waals surface area contributed by atoms with Crippen molar-refractivity contribution in [3.63, 3.8) is 0 Å². The van der Waals surface area contributed by atoms with Gasteiger partial charge in [0.1, 0.15) is 5.75 Å². The van der Waals surface area contributed by atoms with Crippen molar-refractivity contribution in [1.82, 2.24) is 0 Å². The SMILES string of the molecule is CC(=O)c1cc(-c2ccccc2)c2ccccc2c1O. The Hall–Kier alpha value is -2.61. The third-order valence-electron chi connectivity index (χ3n) is 3.48. The number of carbonyl (C=O) groups is 1. The Labute approximate surface area is 117 Å². The molecule has 3 aromatic carbocycles. The van der Waals surface area contributed by atoms with Gasteiger partial charge in [-0.25, -0.2) is 0 Å². The zero-order valence-corrected chi connectivity index (χ0v) is 11.1. The Kier molecular flexibility index (Phi) is 2.99. The minimum absolute atomic E-state index is 0.0628. The number of ketones is 1. The van der Waals surface area contributed by atoms with Crippen molar-refractivity contribution in [3.05, 3.63) is 66.2 Å². The first-order valence-corrected chi connectivity index (χ1v) is 6.49. The molecule has 0 atom stereocenters. The highest BCUT2D eigenvalue weighted by atomic mass is 16.3. The molecule has 2 nitrogen and oxygen atoms in total. The molecule has 0 spiro atoms. The predicted octanol–water partition coefficient (Wildman–Crippen LogP) is 4.42. The average Bonchev–Trinajstić information content (AvgIpc) is 2.48. The molecule has 0 aromatic heterocycles. The second-order valence-corrected chi connectivity index (χ2v) is 4.79. The predicted molar refractivity (Wildman–Crippen MR) is 81.1 cm³/mol. The smallest absolute Gasteiger partial charge is 0.163 e. The van der Waals surface area contributed by atoms with Gasteiger partial charge < -0.3 is 5.11 Å². The molecule has 98 valence electrons. The number of Topliss-reactive ketones (excluding diaryl/α,β-unsaturated/α-hetero) is 1. The van der Waals surface area contributed by atoms with E-state index < -0.39 is 0 Å². The van der Waals surface area contributed by atoms with E-state index in [1.165, 1.54) is 6.92 Å². The fourth-order valence-corrected chi connectivity index (χ4v) is 2.48. The summed E-state index contributed by atoms with van der Waals surface area (Å²) in [5.74, 6) is -0.0711. The summed E-state index contributed by atoms with van der Waals surface area (Å²) in [6.07, 6.45) is 0. The van der Waals surface area contributed by atoms with Gasteiger partial charge in [-0.05, 0) is 29.5 Å². The van der Waals surface area contributed by atoms with Crippen LogP contribution in [0.15, 0.2) is 60.7 Å². The summed E-state index contributed by atoms with van der Waals surface area (Å²) in [6.45, 7) is 1.47. The first-order chi connectivity index (χ1) is 9.68. The Bertz CT molecular complexity index is 789. The van der Waals surface area contributed by atoms with E-state index in [4.69, 9.17) is 0 Å². The quantitative estimate of drug-likeness (QED) is 0.694. The summed E-state index contributed by atoms with van der Waals surface area (Å²) < 4.78 is 0. The number of rotatable bonds is 2. The van der Waals surface area contributed by atoms with Crippen molar-refractivity contribution in [1.29, 1.82) is 0 Å². The zero-order chi connectivity index (χ0) is 14.1. The summed E-state index contributed by atoms with van der Waals surface area (Å²) in [6, 6.07) is 19.3. The molecule has 0 aliphatic rings. The van der Waals surface area contributed by atoms with Gasteiger partial charge in [0.15, 0.2) is 5.78 Å². The maximum absolute atomic E-state index is 11.7. The number of hydrogen-bond donors (Lipinski definition) is 1. The lowest BCUT2D eigenvalue weighted by atomic mass is 9.93. The van der Waals surface area contributed by atoms with Crippen LogP contribution in [0.2, 0.25) is 0 Å². The first-order valence-electron chi connectivity index (χ1n) is 6.49. The van der Waals surface area contributed by atoms with Crippen LogP contribution in [0.4, 0.5) is 0 Å². The van der Waals surface area contributed by atoms with Crippen LogP contribution >= 0.6 is 0 Å². The molecule has 0 saturated carbocycles. The highest BCUT2D eigenvalue weighted by Crippen LogP contribution is 2.36. The minimum Gasteiger partial charge on any atom is -0.507 e. The number of hydrogen-bond acceptors (Lipinski definition) is 2. The van der Waals surface area contributed by atoms with Gasteiger partial charge in [-0.15, -0.1) is 0 Å². The van der Waals surface area contributed by atoms with Crippen molar-refractivity contribution >= 4 is 16.6 Å². The molecule has 3 rings (SSSR count). The van der Waals surface area contributed by atoms with Gasteiger partial charge in [-0.2, -0.15) is 0 Å². The van der Waals surface area contributed by atoms with Crippen molar-refractivity contribution in [2.45, 2.75) is 6.92 Å². The second kappa shape index (κ2) is 4.82. The number of phenols is 1. The van der Waals surface area contributed by atoms with Crippen molar-refractivity contribution < 1.29 is 9.90 Å². The molecule has 0 bridgehead atoms. The lowest BCUT2D eigenvalue weighted by Crippen LogP contribution is -1.95. The molecular formula is C18H14O2. The van der Waals surface area contributed by atoms with E-state index >= 15 is 0 Å². The summed E-state index contributed by atoms with van der Waals surface area (Å²) in [4.78, 5) is 11.7. The molecule has 2 heteroatoms. The van der Waals surface area contributed by atoms with Crippen LogP contribution in [0, 0.1) is 0 Å². The summed E-state index contributed by atoms with van der Waals surface area (Å²) in [7, 11) is 0. The van der Waals surface area contributed by atoms with Crippen molar-refractivity contribution in [2.24, 2.45) is 0 Å². The summed E-state index contributed by atoms with van der Waals surface area (Å²) in [5, 5.41) is 11.9. The summed E-state index contributed by atoms with van der Waals surface area (Å²) >= 11 is 0. The molecule has 0 radical (unpaired) electrons. The average molecular weight is 262 g/mol. The Morgan fingerprint density at radius 2 is 1.50 bits per heavy atom. The molecule has 0 unspecified atom stereocenters. The monoisotopic (exact) mass is 262 g/mol. The fraction of sp³-hybridized carbons (Fsp3) is 0.0556. The van der Waals surface area contributed by atoms with Crippen LogP contribution in [0.25, 0.3) is 21.9 Å². The van der Waals surface area contributed by atoms with Crippen LogP contribution < -0.4 is 0 Å². The molecule has 20 heavy (non-hydrogen) atoms. The van der Waals surface area contributed by atoms with E-state index in [0.717, 1.165) is 16.5 Å². The topological polar surface area (TPSA) is 37.3 Å². The molecule has 0 heterocycles. The number of fused-ring (bicyclic) bond motifs is 1. The molecule has 0 saturated heterocycles.